The number of rotatable bonds is 0. The normalized spacial score (nSPS) is 24.8. The van der Waals surface area contributed by atoms with Crippen molar-refractivity contribution in [1.29, 1.82) is 0 Å². The van der Waals surface area contributed by atoms with Crippen LogP contribution in [0.15, 0.2) is 11.9 Å². The predicted octanol–water partition coefficient (Wildman–Crippen LogP) is 0.0314. The van der Waals surface area contributed by atoms with Crippen LogP contribution in [0.1, 0.15) is 12.8 Å². The number of nitrogens with zero attached hydrogens (tertiary/aromatic N) is 1. The molecule has 2 aliphatic heterocycles. The highest BCUT2D eigenvalue weighted by Crippen LogP contribution is 2.08. The first-order valence-electron chi connectivity index (χ1n) is 3.92. The SMILES string of the molecule is C1=C2NCCCN2NCC1. The van der Waals surface area contributed by atoms with Gasteiger partial charge in [0.25, 0.3) is 0 Å². The highest BCUT2D eigenvalue weighted by molar-refractivity contribution is 5.03. The zero-order valence-electron chi connectivity index (χ0n) is 6.06. The van der Waals surface area contributed by atoms with Gasteiger partial charge < -0.3 is 5.32 Å². The van der Waals surface area contributed by atoms with Crippen LogP contribution >= 0.6 is 0 Å². The summed E-state index contributed by atoms with van der Waals surface area (Å²) in [5.74, 6) is 1.28. The van der Waals surface area contributed by atoms with E-state index in [1.54, 1.807) is 0 Å². The van der Waals surface area contributed by atoms with Crippen LogP contribution in [-0.4, -0.2) is 24.6 Å². The largest absolute Gasteiger partial charge is 0.371 e. The molecule has 0 aliphatic carbocycles. The molecular formula is C7H13N3. The van der Waals surface area contributed by atoms with E-state index in [1.165, 1.54) is 12.2 Å². The molecule has 0 bridgehead atoms. The summed E-state index contributed by atoms with van der Waals surface area (Å²) in [7, 11) is 0. The second-order valence-corrected chi connectivity index (χ2v) is 2.72. The third kappa shape index (κ3) is 0.968. The molecule has 1 fully saturated rings. The average Bonchev–Trinajstić information content (AvgIpc) is 2.05. The molecule has 2 heterocycles. The van der Waals surface area contributed by atoms with Gasteiger partial charge in [-0.15, -0.1) is 0 Å². The molecule has 0 aromatic rings. The fourth-order valence-corrected chi connectivity index (χ4v) is 1.42. The summed E-state index contributed by atoms with van der Waals surface area (Å²) in [5, 5.41) is 5.55. The molecule has 0 atom stereocenters. The van der Waals surface area contributed by atoms with Crippen molar-refractivity contribution in [3.8, 4) is 0 Å². The average molecular weight is 139 g/mol. The van der Waals surface area contributed by atoms with Crippen LogP contribution in [-0.2, 0) is 0 Å². The Morgan fingerprint density at radius 2 is 2.40 bits per heavy atom. The molecule has 3 heteroatoms. The molecule has 56 valence electrons. The van der Waals surface area contributed by atoms with Crippen molar-refractivity contribution < 1.29 is 0 Å². The summed E-state index contributed by atoms with van der Waals surface area (Å²) in [4.78, 5) is 0. The molecular weight excluding hydrogens is 126 g/mol. The minimum Gasteiger partial charge on any atom is -0.371 e. The van der Waals surface area contributed by atoms with Crippen LogP contribution in [0.2, 0.25) is 0 Å². The van der Waals surface area contributed by atoms with Crippen molar-refractivity contribution in [3.63, 3.8) is 0 Å². The Kier molecular flexibility index (Phi) is 1.51. The Balaban J connectivity index is 2.08. The van der Waals surface area contributed by atoms with Gasteiger partial charge in [-0.1, -0.05) is 0 Å². The van der Waals surface area contributed by atoms with E-state index < -0.39 is 0 Å². The molecule has 3 nitrogen and oxygen atoms in total. The molecule has 0 unspecified atom stereocenters. The van der Waals surface area contributed by atoms with Crippen LogP contribution in [0.25, 0.3) is 0 Å². The van der Waals surface area contributed by atoms with Crippen molar-refractivity contribution >= 4 is 0 Å². The maximum Gasteiger partial charge on any atom is 0.112 e. The second kappa shape index (κ2) is 2.50. The van der Waals surface area contributed by atoms with Crippen LogP contribution < -0.4 is 10.7 Å². The van der Waals surface area contributed by atoms with E-state index in [4.69, 9.17) is 0 Å². The van der Waals surface area contributed by atoms with Crippen molar-refractivity contribution in [2.75, 3.05) is 19.6 Å². The summed E-state index contributed by atoms with van der Waals surface area (Å²) in [5.41, 5.74) is 3.32. The molecule has 0 saturated carbocycles. The minimum absolute atomic E-state index is 1.09. The first-order chi connectivity index (χ1) is 4.97. The zero-order valence-corrected chi connectivity index (χ0v) is 6.06. The standard InChI is InChI=1S/C7H13N3/c1-3-7-8-4-2-6-10(7)9-5-1/h3,8-9H,1-2,4-6H2. The highest BCUT2D eigenvalue weighted by Gasteiger charge is 2.15. The number of hydrazine groups is 1. The number of hydrogen-bond donors (Lipinski definition) is 2. The van der Waals surface area contributed by atoms with E-state index in [-0.39, 0.29) is 0 Å². The van der Waals surface area contributed by atoms with Gasteiger partial charge in [0, 0.05) is 19.6 Å². The number of fused-ring (bicyclic) bond motifs is 1. The van der Waals surface area contributed by atoms with Gasteiger partial charge >= 0.3 is 0 Å². The van der Waals surface area contributed by atoms with E-state index >= 15 is 0 Å². The predicted molar refractivity (Wildman–Crippen MR) is 40.0 cm³/mol. The quantitative estimate of drug-likeness (QED) is 0.496. The van der Waals surface area contributed by atoms with E-state index in [9.17, 15) is 0 Å². The van der Waals surface area contributed by atoms with Crippen molar-refractivity contribution in [3.05, 3.63) is 11.9 Å². The molecule has 0 aromatic carbocycles. The highest BCUT2D eigenvalue weighted by atomic mass is 15.6. The summed E-state index contributed by atoms with van der Waals surface area (Å²) in [6, 6.07) is 0. The van der Waals surface area contributed by atoms with Crippen molar-refractivity contribution in [2.24, 2.45) is 0 Å². The molecule has 2 rings (SSSR count). The number of nitrogens with one attached hydrogen (secondary N) is 2. The topological polar surface area (TPSA) is 27.3 Å². The molecule has 2 aliphatic rings. The Hall–Kier alpha value is -0.700. The van der Waals surface area contributed by atoms with Gasteiger partial charge in [-0.25, -0.2) is 5.43 Å². The van der Waals surface area contributed by atoms with Crippen LogP contribution in [0.3, 0.4) is 0 Å². The zero-order chi connectivity index (χ0) is 6.81. The minimum atomic E-state index is 1.09. The van der Waals surface area contributed by atoms with E-state index in [2.05, 4.69) is 21.8 Å². The van der Waals surface area contributed by atoms with Gasteiger partial charge in [0.05, 0.1) is 0 Å². The third-order valence-electron chi connectivity index (χ3n) is 1.94. The van der Waals surface area contributed by atoms with Crippen LogP contribution in [0, 0.1) is 0 Å². The smallest absolute Gasteiger partial charge is 0.112 e. The Morgan fingerprint density at radius 3 is 3.30 bits per heavy atom. The Labute approximate surface area is 61.1 Å². The molecule has 0 amide bonds. The summed E-state index contributed by atoms with van der Waals surface area (Å²) >= 11 is 0. The van der Waals surface area contributed by atoms with Gasteiger partial charge in [-0.3, -0.25) is 5.01 Å². The first kappa shape index (κ1) is 6.04. The second-order valence-electron chi connectivity index (χ2n) is 2.72. The summed E-state index contributed by atoms with van der Waals surface area (Å²) < 4.78 is 0. The number of hydrogen-bond acceptors (Lipinski definition) is 3. The van der Waals surface area contributed by atoms with Crippen molar-refractivity contribution in [1.82, 2.24) is 15.8 Å². The van der Waals surface area contributed by atoms with Gasteiger partial charge in [-0.05, 0) is 18.9 Å². The van der Waals surface area contributed by atoms with Gasteiger partial charge in [0.1, 0.15) is 5.82 Å². The molecule has 1 saturated heterocycles. The third-order valence-corrected chi connectivity index (χ3v) is 1.94. The maximum atomic E-state index is 3.35. The van der Waals surface area contributed by atoms with E-state index in [0.717, 1.165) is 26.1 Å². The van der Waals surface area contributed by atoms with Crippen LogP contribution in [0.4, 0.5) is 0 Å². The Bertz CT molecular complexity index is 153. The lowest BCUT2D eigenvalue weighted by Gasteiger charge is -2.35. The maximum absolute atomic E-state index is 3.35. The fourth-order valence-electron chi connectivity index (χ4n) is 1.42. The molecule has 0 spiro atoms. The van der Waals surface area contributed by atoms with Gasteiger partial charge in [-0.2, -0.15) is 0 Å². The summed E-state index contributed by atoms with van der Waals surface area (Å²) in [6.45, 7) is 3.37. The molecule has 2 N–H and O–H groups in total. The van der Waals surface area contributed by atoms with E-state index in [0.29, 0.717) is 0 Å². The van der Waals surface area contributed by atoms with Gasteiger partial charge in [0.15, 0.2) is 0 Å². The molecule has 10 heavy (non-hydrogen) atoms. The monoisotopic (exact) mass is 139 g/mol. The van der Waals surface area contributed by atoms with E-state index in [1.807, 2.05) is 0 Å². The van der Waals surface area contributed by atoms with Gasteiger partial charge in [0.2, 0.25) is 0 Å². The molecule has 0 aromatic heterocycles. The lowest BCUT2D eigenvalue weighted by Crippen LogP contribution is -2.49. The summed E-state index contributed by atoms with van der Waals surface area (Å²) in [6.07, 6.45) is 4.65. The lowest BCUT2D eigenvalue weighted by atomic mass is 10.2. The lowest BCUT2D eigenvalue weighted by molar-refractivity contribution is 0.189. The fraction of sp³-hybridized carbons (Fsp3) is 0.714. The van der Waals surface area contributed by atoms with Crippen LogP contribution in [0.5, 0.6) is 0 Å². The first-order valence-corrected chi connectivity index (χ1v) is 3.92. The molecule has 0 radical (unpaired) electrons. The Morgan fingerprint density at radius 1 is 1.40 bits per heavy atom. The van der Waals surface area contributed by atoms with Crippen molar-refractivity contribution in [2.45, 2.75) is 12.8 Å².